The number of nitrogens with zero attached hydrogens (tertiary/aromatic N) is 4. The van der Waals surface area contributed by atoms with Crippen LogP contribution in [0.1, 0.15) is 114 Å². The van der Waals surface area contributed by atoms with E-state index in [1.54, 1.807) is 82.6 Å². The first-order valence-corrected chi connectivity index (χ1v) is 28.6. The number of ether oxygens (including phenoxy) is 6. The van der Waals surface area contributed by atoms with Gasteiger partial charge in [0, 0.05) is 101 Å². The molecule has 4 aliphatic heterocycles. The number of hydrogen-bond acceptors (Lipinski definition) is 14. The predicted octanol–water partition coefficient (Wildman–Crippen LogP) is 7.97. The van der Waals surface area contributed by atoms with Crippen molar-refractivity contribution in [1.29, 1.82) is 0 Å². The van der Waals surface area contributed by atoms with Gasteiger partial charge in [-0.3, -0.25) is 9.59 Å². The predicted molar refractivity (Wildman–Crippen MR) is 294 cm³/mol. The maximum atomic E-state index is 15.3. The quantitative estimate of drug-likeness (QED) is 0.0684. The molecular weight excluding hydrogens is 1030 g/mol. The fraction of sp³-hybridized carbons (Fsp3) is 0.548. The molecule has 4 heterocycles. The zero-order chi connectivity index (χ0) is 56.7. The number of piperidine rings is 2. The Morgan fingerprint density at radius 3 is 1.15 bits per heavy atom. The molecule has 0 aliphatic carbocycles. The number of hydrogen-bond donors (Lipinski definition) is 2. The maximum Gasteiger partial charge on any atom is 0.339 e. The van der Waals surface area contributed by atoms with E-state index in [1.807, 2.05) is 27.7 Å². The second-order valence-electron chi connectivity index (χ2n) is 22.5. The third-order valence-electron chi connectivity index (χ3n) is 15.6. The van der Waals surface area contributed by atoms with Crippen LogP contribution < -0.4 is 9.47 Å². The Hall–Kier alpha value is -6.02. The fourth-order valence-electron chi connectivity index (χ4n) is 11.0. The molecule has 4 saturated heterocycles. The molecule has 2 amide bonds. The third kappa shape index (κ3) is 16.6. The van der Waals surface area contributed by atoms with Crippen molar-refractivity contribution >= 4 is 23.8 Å². The molecule has 0 aromatic heterocycles. The summed E-state index contributed by atoms with van der Waals surface area (Å²) in [4.78, 5) is 67.3. The summed E-state index contributed by atoms with van der Waals surface area (Å²) in [5, 5.41) is 23.3. The van der Waals surface area contributed by atoms with Gasteiger partial charge >= 0.3 is 11.9 Å². The minimum Gasteiger partial charge on any atom is -0.493 e. The summed E-state index contributed by atoms with van der Waals surface area (Å²) in [5.74, 6) is -3.75. The topological polar surface area (TPSA) is 177 Å². The van der Waals surface area contributed by atoms with Crippen molar-refractivity contribution in [2.24, 2.45) is 11.8 Å². The van der Waals surface area contributed by atoms with E-state index in [0.29, 0.717) is 126 Å². The molecule has 0 bridgehead atoms. The van der Waals surface area contributed by atoms with Crippen LogP contribution in [-0.2, 0) is 51.2 Å². The molecule has 8 rings (SSSR count). The van der Waals surface area contributed by atoms with Gasteiger partial charge in [0.2, 0.25) is 12.2 Å². The van der Waals surface area contributed by atoms with Crippen LogP contribution >= 0.6 is 0 Å². The number of halogens is 2. The number of benzene rings is 4. The van der Waals surface area contributed by atoms with E-state index in [-0.39, 0.29) is 48.1 Å². The molecule has 4 aromatic carbocycles. The molecule has 4 aliphatic rings. The van der Waals surface area contributed by atoms with E-state index in [1.165, 1.54) is 24.3 Å². The third-order valence-corrected chi connectivity index (χ3v) is 15.6. The number of carbonyl (C=O) groups excluding carboxylic acids is 4. The van der Waals surface area contributed by atoms with E-state index >= 15 is 9.59 Å². The Balaban J connectivity index is 1.05. The van der Waals surface area contributed by atoms with Crippen LogP contribution in [0.3, 0.4) is 0 Å². The summed E-state index contributed by atoms with van der Waals surface area (Å²) in [6.45, 7) is 14.4. The Morgan fingerprint density at radius 2 is 0.838 bits per heavy atom. The highest BCUT2D eigenvalue weighted by Crippen LogP contribution is 2.33. The van der Waals surface area contributed by atoms with Crippen LogP contribution in [0, 0.1) is 23.5 Å². The lowest BCUT2D eigenvalue weighted by molar-refractivity contribution is -0.184. The minimum atomic E-state index is -2.59. The largest absolute Gasteiger partial charge is 0.493 e. The van der Waals surface area contributed by atoms with Gasteiger partial charge in [-0.25, -0.2) is 18.4 Å². The zero-order valence-corrected chi connectivity index (χ0v) is 46.7. The van der Waals surface area contributed by atoms with Crippen LogP contribution in [-0.4, -0.2) is 156 Å². The normalized spacial score (nSPS) is 19.0. The van der Waals surface area contributed by atoms with Gasteiger partial charge in [0.25, 0.3) is 11.8 Å². The SMILES string of the molecule is CC(C)COc1ccc(C(OC(=O)C(O)C(O)C(=O)OC(C(=O)N(Cc2ccc(F)cc2)C2CCN(C3CCOCC3)CC2)c2ccc(OCC(C)C)cc2)C(=O)N(Cc2ccc(F)cc2)C2CCN(C3CCOCC3)CC2)cc1. The van der Waals surface area contributed by atoms with E-state index in [9.17, 15) is 28.6 Å². The smallest absolute Gasteiger partial charge is 0.339 e. The molecule has 2 N–H and O–H groups in total. The molecule has 434 valence electrons. The van der Waals surface area contributed by atoms with Crippen molar-refractivity contribution in [3.05, 3.63) is 131 Å². The van der Waals surface area contributed by atoms with Gasteiger partial charge in [-0.2, -0.15) is 0 Å². The highest BCUT2D eigenvalue weighted by atomic mass is 19.1. The van der Waals surface area contributed by atoms with Crippen molar-refractivity contribution in [1.82, 2.24) is 19.6 Å². The number of amides is 2. The summed E-state index contributed by atoms with van der Waals surface area (Å²) in [7, 11) is 0. The summed E-state index contributed by atoms with van der Waals surface area (Å²) in [6.07, 6.45) is -2.60. The standard InChI is InChI=1S/C62H80F2N4O12/c1-41(2)39-77-53-17-9-45(10-18-53)57(59(71)67(37-43-5-13-47(63)14-6-43)51-21-29-65(30-22-51)49-25-33-75-34-26-49)79-61(73)55(69)56(70)62(74)80-58(46-11-19-54(20-12-46)78-40-42(3)4)60(72)68(38-44-7-15-48(64)16-8-44)52-23-31-66(32-24-52)50-27-35-76-36-28-50/h5-20,41-42,49-52,55-58,69-70H,21-40H2,1-4H3. The van der Waals surface area contributed by atoms with Crippen molar-refractivity contribution in [2.75, 3.05) is 65.8 Å². The van der Waals surface area contributed by atoms with Crippen molar-refractivity contribution in [3.63, 3.8) is 0 Å². The van der Waals surface area contributed by atoms with Gasteiger partial charge in [0.15, 0.2) is 12.2 Å². The number of esters is 2. The van der Waals surface area contributed by atoms with E-state index in [2.05, 4.69) is 9.80 Å². The highest BCUT2D eigenvalue weighted by Gasteiger charge is 2.43. The first-order chi connectivity index (χ1) is 38.6. The summed E-state index contributed by atoms with van der Waals surface area (Å²) in [6, 6.07) is 24.5. The molecule has 0 spiro atoms. The molecule has 4 aromatic rings. The Morgan fingerprint density at radius 1 is 0.512 bits per heavy atom. The van der Waals surface area contributed by atoms with Crippen molar-refractivity contribution < 1.29 is 66.6 Å². The number of carbonyl (C=O) groups is 4. The van der Waals surface area contributed by atoms with Crippen LogP contribution in [0.15, 0.2) is 97.1 Å². The van der Waals surface area contributed by atoms with Crippen molar-refractivity contribution in [3.8, 4) is 11.5 Å². The second kappa shape index (κ2) is 29.1. The molecule has 80 heavy (non-hydrogen) atoms. The number of rotatable bonds is 23. The van der Waals surface area contributed by atoms with Gasteiger partial charge in [-0.1, -0.05) is 76.2 Å². The van der Waals surface area contributed by atoms with Gasteiger partial charge in [0.05, 0.1) is 13.2 Å². The molecule has 4 unspecified atom stereocenters. The van der Waals surface area contributed by atoms with Crippen molar-refractivity contribution in [2.45, 2.75) is 141 Å². The molecular formula is C62H80F2N4O12. The summed E-state index contributed by atoms with van der Waals surface area (Å²) < 4.78 is 63.4. The van der Waals surface area contributed by atoms with Crippen LogP contribution in [0.25, 0.3) is 0 Å². The molecule has 0 radical (unpaired) electrons. The van der Waals surface area contributed by atoms with Gasteiger partial charge in [-0.15, -0.1) is 0 Å². The van der Waals surface area contributed by atoms with E-state index < -0.39 is 59.8 Å². The summed E-state index contributed by atoms with van der Waals surface area (Å²) >= 11 is 0. The molecule has 0 saturated carbocycles. The van der Waals surface area contributed by atoms with Gasteiger partial charge in [0.1, 0.15) is 23.1 Å². The lowest BCUT2D eigenvalue weighted by Crippen LogP contribution is -2.52. The number of aliphatic hydroxyl groups is 2. The molecule has 4 fully saturated rings. The average molecular weight is 1110 g/mol. The molecule has 18 heteroatoms. The Labute approximate surface area is 469 Å². The second-order valence-corrected chi connectivity index (χ2v) is 22.5. The average Bonchev–Trinajstić information content (AvgIpc) is 3.48. The minimum absolute atomic E-state index is 0.0374. The Bertz CT molecular complexity index is 2400. The van der Waals surface area contributed by atoms with Crippen LogP contribution in [0.4, 0.5) is 8.78 Å². The fourth-order valence-corrected chi connectivity index (χ4v) is 11.0. The van der Waals surface area contributed by atoms with Gasteiger partial charge < -0.3 is 58.2 Å². The number of likely N-dealkylation sites (tertiary alicyclic amines) is 2. The maximum absolute atomic E-state index is 15.3. The lowest BCUT2D eigenvalue weighted by Gasteiger charge is -2.43. The van der Waals surface area contributed by atoms with Crippen LogP contribution in [0.5, 0.6) is 11.5 Å². The van der Waals surface area contributed by atoms with Gasteiger partial charge in [-0.05, 0) is 123 Å². The monoisotopic (exact) mass is 1110 g/mol. The van der Waals surface area contributed by atoms with E-state index in [4.69, 9.17) is 28.4 Å². The zero-order valence-electron chi connectivity index (χ0n) is 46.7. The highest BCUT2D eigenvalue weighted by molar-refractivity contribution is 5.91. The lowest BCUT2D eigenvalue weighted by atomic mass is 9.97. The summed E-state index contributed by atoms with van der Waals surface area (Å²) in [5.41, 5.74) is 1.70. The first-order valence-electron chi connectivity index (χ1n) is 28.6. The van der Waals surface area contributed by atoms with E-state index in [0.717, 1.165) is 25.7 Å². The first kappa shape index (κ1) is 60.1. The number of aliphatic hydroxyl groups excluding tert-OH is 2. The molecule has 4 atom stereocenters. The Kier molecular flexibility index (Phi) is 21.9. The molecule has 16 nitrogen and oxygen atoms in total. The van der Waals surface area contributed by atoms with Crippen LogP contribution in [0.2, 0.25) is 0 Å².